The summed E-state index contributed by atoms with van der Waals surface area (Å²) >= 11 is 1.46. The van der Waals surface area contributed by atoms with E-state index in [2.05, 4.69) is 9.97 Å². The van der Waals surface area contributed by atoms with Crippen molar-refractivity contribution in [3.05, 3.63) is 46.8 Å². The molecule has 0 atom stereocenters. The average Bonchev–Trinajstić information content (AvgIpc) is 2.38. The standard InChI is InChI=1S/C13H15N3O2S/c14-11-9-12(17)16-13(15-11)19-8-4-7-18-10-5-2-1-3-6-10/h1-3,5-6,9H,4,7-8H2,(H3,14,15,16,17). The van der Waals surface area contributed by atoms with Gasteiger partial charge in [0.25, 0.3) is 5.56 Å². The Morgan fingerprint density at radius 3 is 2.84 bits per heavy atom. The minimum Gasteiger partial charge on any atom is -0.494 e. The summed E-state index contributed by atoms with van der Waals surface area (Å²) in [7, 11) is 0. The SMILES string of the molecule is Nc1cc(=O)[nH]c(SCCCOc2ccccc2)n1. The molecule has 0 radical (unpaired) electrons. The fraction of sp³-hybridized carbons (Fsp3) is 0.231. The van der Waals surface area contributed by atoms with Crippen molar-refractivity contribution < 1.29 is 4.74 Å². The summed E-state index contributed by atoms with van der Waals surface area (Å²) in [5.74, 6) is 1.91. The number of H-pyrrole nitrogens is 1. The normalized spacial score (nSPS) is 10.3. The molecule has 0 aliphatic carbocycles. The minimum atomic E-state index is -0.226. The van der Waals surface area contributed by atoms with Crippen molar-refractivity contribution in [2.75, 3.05) is 18.1 Å². The molecule has 1 heterocycles. The molecule has 1 aromatic heterocycles. The molecule has 0 saturated carbocycles. The molecular formula is C13H15N3O2S. The van der Waals surface area contributed by atoms with Gasteiger partial charge in [-0.15, -0.1) is 0 Å². The Kier molecular flexibility index (Phi) is 4.85. The Hall–Kier alpha value is -1.95. The second-order valence-corrected chi connectivity index (χ2v) is 4.92. The molecule has 19 heavy (non-hydrogen) atoms. The van der Waals surface area contributed by atoms with Gasteiger partial charge in [0.05, 0.1) is 6.61 Å². The molecule has 0 saturated heterocycles. The molecule has 0 fully saturated rings. The lowest BCUT2D eigenvalue weighted by Crippen LogP contribution is -2.09. The van der Waals surface area contributed by atoms with Gasteiger partial charge < -0.3 is 15.5 Å². The molecule has 0 amide bonds. The van der Waals surface area contributed by atoms with Crippen molar-refractivity contribution in [1.82, 2.24) is 9.97 Å². The summed E-state index contributed by atoms with van der Waals surface area (Å²) in [4.78, 5) is 17.8. The van der Waals surface area contributed by atoms with Gasteiger partial charge in [0.1, 0.15) is 11.6 Å². The van der Waals surface area contributed by atoms with Crippen LogP contribution in [0.3, 0.4) is 0 Å². The van der Waals surface area contributed by atoms with Gasteiger partial charge >= 0.3 is 0 Å². The number of anilines is 1. The lowest BCUT2D eigenvalue weighted by atomic mass is 10.3. The number of nitrogens with one attached hydrogen (secondary N) is 1. The molecule has 1 aromatic carbocycles. The van der Waals surface area contributed by atoms with Gasteiger partial charge in [0, 0.05) is 11.8 Å². The highest BCUT2D eigenvalue weighted by molar-refractivity contribution is 7.99. The average molecular weight is 277 g/mol. The summed E-state index contributed by atoms with van der Waals surface area (Å²) in [5.41, 5.74) is 5.27. The number of hydrogen-bond acceptors (Lipinski definition) is 5. The first kappa shape index (κ1) is 13.5. The zero-order valence-corrected chi connectivity index (χ0v) is 11.2. The molecule has 0 aliphatic rings. The van der Waals surface area contributed by atoms with Crippen LogP contribution in [-0.4, -0.2) is 22.3 Å². The quantitative estimate of drug-likeness (QED) is 0.479. The van der Waals surface area contributed by atoms with E-state index in [0.717, 1.165) is 17.9 Å². The monoisotopic (exact) mass is 277 g/mol. The van der Waals surface area contributed by atoms with Crippen LogP contribution in [0.2, 0.25) is 0 Å². The number of thioether (sulfide) groups is 1. The Morgan fingerprint density at radius 2 is 2.11 bits per heavy atom. The van der Waals surface area contributed by atoms with Crippen molar-refractivity contribution in [3.8, 4) is 5.75 Å². The third kappa shape index (κ3) is 4.67. The topological polar surface area (TPSA) is 81.0 Å². The summed E-state index contributed by atoms with van der Waals surface area (Å²) in [6.07, 6.45) is 0.859. The molecule has 0 spiro atoms. The number of nitrogen functional groups attached to an aromatic ring is 1. The predicted octanol–water partition coefficient (Wildman–Crippen LogP) is 1.91. The van der Waals surface area contributed by atoms with Crippen LogP contribution in [0.25, 0.3) is 0 Å². The number of nitrogens with zero attached hydrogens (tertiary/aromatic N) is 1. The zero-order chi connectivity index (χ0) is 13.5. The second kappa shape index (κ2) is 6.84. The van der Waals surface area contributed by atoms with Gasteiger partial charge in [-0.05, 0) is 18.6 Å². The highest BCUT2D eigenvalue weighted by atomic mass is 32.2. The van der Waals surface area contributed by atoms with Crippen LogP contribution in [0.4, 0.5) is 5.82 Å². The van der Waals surface area contributed by atoms with Gasteiger partial charge in [-0.1, -0.05) is 30.0 Å². The molecule has 2 aromatic rings. The van der Waals surface area contributed by atoms with E-state index in [4.69, 9.17) is 10.5 Å². The molecule has 0 unspecified atom stereocenters. The molecule has 0 bridgehead atoms. The van der Waals surface area contributed by atoms with E-state index in [1.165, 1.54) is 17.8 Å². The maximum atomic E-state index is 11.2. The number of aromatic nitrogens is 2. The van der Waals surface area contributed by atoms with Gasteiger partial charge in [0.15, 0.2) is 5.16 Å². The van der Waals surface area contributed by atoms with Gasteiger partial charge in [-0.25, -0.2) is 4.98 Å². The van der Waals surface area contributed by atoms with E-state index in [9.17, 15) is 4.79 Å². The number of aromatic amines is 1. The van der Waals surface area contributed by atoms with Crippen molar-refractivity contribution >= 4 is 17.6 Å². The van der Waals surface area contributed by atoms with Crippen LogP contribution in [0.15, 0.2) is 46.3 Å². The van der Waals surface area contributed by atoms with Crippen molar-refractivity contribution in [3.63, 3.8) is 0 Å². The van der Waals surface area contributed by atoms with Gasteiger partial charge in [-0.2, -0.15) is 0 Å². The van der Waals surface area contributed by atoms with Crippen molar-refractivity contribution in [1.29, 1.82) is 0 Å². The smallest absolute Gasteiger partial charge is 0.253 e. The first-order chi connectivity index (χ1) is 9.24. The maximum Gasteiger partial charge on any atom is 0.253 e. The Labute approximate surface area is 115 Å². The third-order valence-electron chi connectivity index (χ3n) is 2.28. The van der Waals surface area contributed by atoms with Crippen molar-refractivity contribution in [2.45, 2.75) is 11.6 Å². The van der Waals surface area contributed by atoms with Gasteiger partial charge in [-0.3, -0.25) is 4.79 Å². The van der Waals surface area contributed by atoms with Crippen molar-refractivity contribution in [2.24, 2.45) is 0 Å². The predicted molar refractivity (Wildman–Crippen MR) is 76.5 cm³/mol. The summed E-state index contributed by atoms with van der Waals surface area (Å²) in [6.45, 7) is 0.629. The van der Waals surface area contributed by atoms with Crippen LogP contribution >= 0.6 is 11.8 Å². The number of para-hydroxylation sites is 1. The Bertz CT molecular complexity index is 572. The third-order valence-corrected chi connectivity index (χ3v) is 3.24. The maximum absolute atomic E-state index is 11.2. The minimum absolute atomic E-state index is 0.226. The molecule has 100 valence electrons. The van der Waals surface area contributed by atoms with E-state index < -0.39 is 0 Å². The fourth-order valence-corrected chi connectivity index (χ4v) is 2.25. The molecule has 6 heteroatoms. The highest BCUT2D eigenvalue weighted by Crippen LogP contribution is 2.14. The Balaban J connectivity index is 1.71. The van der Waals surface area contributed by atoms with Crippen LogP contribution in [0, 0.1) is 0 Å². The van der Waals surface area contributed by atoms with Crippen LogP contribution in [-0.2, 0) is 0 Å². The molecule has 3 N–H and O–H groups in total. The Morgan fingerprint density at radius 1 is 1.32 bits per heavy atom. The number of hydrogen-bond donors (Lipinski definition) is 2. The summed E-state index contributed by atoms with van der Waals surface area (Å²) < 4.78 is 5.56. The van der Waals surface area contributed by atoms with E-state index in [0.29, 0.717) is 11.8 Å². The molecule has 2 rings (SSSR count). The first-order valence-corrected chi connectivity index (χ1v) is 6.90. The van der Waals surface area contributed by atoms with Crippen LogP contribution < -0.4 is 16.0 Å². The lowest BCUT2D eigenvalue weighted by Gasteiger charge is -2.05. The largest absolute Gasteiger partial charge is 0.494 e. The molecule has 0 aliphatic heterocycles. The van der Waals surface area contributed by atoms with E-state index in [1.54, 1.807) is 0 Å². The zero-order valence-electron chi connectivity index (χ0n) is 10.3. The van der Waals surface area contributed by atoms with E-state index >= 15 is 0 Å². The second-order valence-electron chi connectivity index (χ2n) is 3.84. The highest BCUT2D eigenvalue weighted by Gasteiger charge is 1.99. The number of ether oxygens (including phenoxy) is 1. The van der Waals surface area contributed by atoms with Crippen LogP contribution in [0.1, 0.15) is 6.42 Å². The first-order valence-electron chi connectivity index (χ1n) is 5.91. The lowest BCUT2D eigenvalue weighted by molar-refractivity contribution is 0.318. The summed E-state index contributed by atoms with van der Waals surface area (Å²) in [6, 6.07) is 10.9. The van der Waals surface area contributed by atoms with Crippen LogP contribution in [0.5, 0.6) is 5.75 Å². The summed E-state index contributed by atoms with van der Waals surface area (Å²) in [5, 5.41) is 0.546. The fourth-order valence-electron chi connectivity index (χ4n) is 1.46. The molecule has 5 nitrogen and oxygen atoms in total. The number of benzene rings is 1. The molecular weight excluding hydrogens is 262 g/mol. The van der Waals surface area contributed by atoms with Gasteiger partial charge in [0.2, 0.25) is 0 Å². The van der Waals surface area contributed by atoms with E-state index in [1.807, 2.05) is 30.3 Å². The van der Waals surface area contributed by atoms with E-state index in [-0.39, 0.29) is 11.4 Å². The number of rotatable bonds is 6. The number of nitrogens with two attached hydrogens (primary N) is 1.